The molecule has 0 amide bonds. The van der Waals surface area contributed by atoms with Crippen LogP contribution in [0.25, 0.3) is 0 Å². The summed E-state index contributed by atoms with van der Waals surface area (Å²) in [7, 11) is 0. The van der Waals surface area contributed by atoms with Crippen molar-refractivity contribution in [2.45, 2.75) is 46.5 Å². The van der Waals surface area contributed by atoms with E-state index in [4.69, 9.17) is 5.84 Å². The van der Waals surface area contributed by atoms with Gasteiger partial charge in [0.2, 0.25) is 0 Å². The van der Waals surface area contributed by atoms with E-state index in [0.29, 0.717) is 11.2 Å². The molecule has 0 atom stereocenters. The number of anilines is 2. The Hall–Kier alpha value is -1.36. The lowest BCUT2D eigenvalue weighted by Gasteiger charge is -2.41. The zero-order valence-corrected chi connectivity index (χ0v) is 11.5. The highest BCUT2D eigenvalue weighted by Crippen LogP contribution is 2.43. The van der Waals surface area contributed by atoms with E-state index in [0.717, 1.165) is 23.8 Å². The molecule has 5 nitrogen and oxygen atoms in total. The van der Waals surface area contributed by atoms with Crippen LogP contribution in [0.3, 0.4) is 0 Å². The van der Waals surface area contributed by atoms with Crippen LogP contribution in [-0.2, 0) is 0 Å². The third kappa shape index (κ3) is 2.41. The van der Waals surface area contributed by atoms with Crippen LogP contribution in [0.5, 0.6) is 0 Å². The first-order valence-corrected chi connectivity index (χ1v) is 6.66. The number of aromatic nitrogens is 2. The zero-order valence-electron chi connectivity index (χ0n) is 11.5. The molecule has 2 rings (SSSR count). The molecule has 100 valence electrons. The highest BCUT2D eigenvalue weighted by Gasteiger charge is 2.34. The first-order chi connectivity index (χ1) is 8.60. The molecule has 0 radical (unpaired) electrons. The Kier molecular flexibility index (Phi) is 3.71. The normalized spacial score (nSPS) is 17.1. The molecular weight excluding hydrogens is 226 g/mol. The number of nitrogens with one attached hydrogen (secondary N) is 2. The smallest absolute Gasteiger partial charge is 0.148 e. The second kappa shape index (κ2) is 5.10. The highest BCUT2D eigenvalue weighted by atomic mass is 15.3. The summed E-state index contributed by atoms with van der Waals surface area (Å²) in [6.07, 6.45) is 5.22. The second-order valence-corrected chi connectivity index (χ2v) is 5.30. The van der Waals surface area contributed by atoms with Gasteiger partial charge in [0.1, 0.15) is 17.5 Å². The molecule has 0 saturated heterocycles. The molecule has 4 N–H and O–H groups in total. The lowest BCUT2D eigenvalue weighted by molar-refractivity contribution is 0.145. The lowest BCUT2D eigenvalue weighted by Crippen LogP contribution is -2.36. The van der Waals surface area contributed by atoms with Crippen molar-refractivity contribution in [2.75, 3.05) is 17.3 Å². The minimum absolute atomic E-state index is 0.474. The Morgan fingerprint density at radius 3 is 2.39 bits per heavy atom. The van der Waals surface area contributed by atoms with E-state index in [1.165, 1.54) is 25.7 Å². The number of nitrogens with two attached hydrogens (primary N) is 1. The molecule has 0 aromatic carbocycles. The molecule has 1 aliphatic rings. The predicted molar refractivity (Wildman–Crippen MR) is 74.4 cm³/mol. The lowest BCUT2D eigenvalue weighted by atomic mass is 9.67. The van der Waals surface area contributed by atoms with Crippen molar-refractivity contribution in [3.63, 3.8) is 0 Å². The minimum Gasteiger partial charge on any atom is -0.369 e. The van der Waals surface area contributed by atoms with Crippen molar-refractivity contribution in [1.82, 2.24) is 9.97 Å². The SMILES string of the molecule is CCC1(CNc2nc(C)nc(NN)c2C)CCC1. The summed E-state index contributed by atoms with van der Waals surface area (Å²) >= 11 is 0. The van der Waals surface area contributed by atoms with Crippen molar-refractivity contribution in [3.05, 3.63) is 11.4 Å². The second-order valence-electron chi connectivity index (χ2n) is 5.30. The van der Waals surface area contributed by atoms with E-state index < -0.39 is 0 Å². The minimum atomic E-state index is 0.474. The van der Waals surface area contributed by atoms with Crippen LogP contribution in [0, 0.1) is 19.3 Å². The van der Waals surface area contributed by atoms with E-state index in [1.54, 1.807) is 0 Å². The van der Waals surface area contributed by atoms with Gasteiger partial charge in [-0.05, 0) is 38.5 Å². The summed E-state index contributed by atoms with van der Waals surface area (Å²) in [4.78, 5) is 8.72. The molecule has 0 bridgehead atoms. The van der Waals surface area contributed by atoms with Crippen molar-refractivity contribution in [3.8, 4) is 0 Å². The Morgan fingerprint density at radius 2 is 1.89 bits per heavy atom. The highest BCUT2D eigenvalue weighted by molar-refractivity contribution is 5.56. The fourth-order valence-corrected chi connectivity index (χ4v) is 2.54. The zero-order chi connectivity index (χ0) is 13.2. The van der Waals surface area contributed by atoms with E-state index in [1.807, 2.05) is 13.8 Å². The van der Waals surface area contributed by atoms with Crippen LogP contribution in [0.2, 0.25) is 0 Å². The first kappa shape index (κ1) is 13.1. The Bertz CT molecular complexity index is 420. The summed E-state index contributed by atoms with van der Waals surface area (Å²) in [6.45, 7) is 7.12. The number of aryl methyl sites for hydroxylation is 1. The number of hydrogen-bond acceptors (Lipinski definition) is 5. The summed E-state index contributed by atoms with van der Waals surface area (Å²) in [6, 6.07) is 0. The predicted octanol–water partition coefficient (Wildman–Crippen LogP) is 2.37. The van der Waals surface area contributed by atoms with E-state index in [9.17, 15) is 0 Å². The number of nitrogens with zero attached hydrogens (tertiary/aromatic N) is 2. The largest absolute Gasteiger partial charge is 0.369 e. The van der Waals surface area contributed by atoms with Gasteiger partial charge in [0.15, 0.2) is 0 Å². The van der Waals surface area contributed by atoms with E-state index in [-0.39, 0.29) is 0 Å². The number of hydrazine groups is 1. The third-order valence-corrected chi connectivity index (χ3v) is 4.19. The standard InChI is InChI=1S/C13H23N5/c1-4-13(6-5-7-13)8-15-11-9(2)12(18-14)17-10(3)16-11/h4-8,14H2,1-3H3,(H2,15,16,17,18). The molecule has 1 aromatic heterocycles. The van der Waals surface area contributed by atoms with Crippen LogP contribution in [0.1, 0.15) is 44.0 Å². The quantitative estimate of drug-likeness (QED) is 0.552. The van der Waals surface area contributed by atoms with Crippen molar-refractivity contribution >= 4 is 11.6 Å². The Labute approximate surface area is 109 Å². The maximum absolute atomic E-state index is 5.47. The van der Waals surface area contributed by atoms with Crippen molar-refractivity contribution < 1.29 is 0 Å². The van der Waals surface area contributed by atoms with Gasteiger partial charge in [0.05, 0.1) is 0 Å². The van der Waals surface area contributed by atoms with Crippen LogP contribution >= 0.6 is 0 Å². The van der Waals surface area contributed by atoms with Crippen molar-refractivity contribution in [1.29, 1.82) is 0 Å². The molecule has 1 aromatic rings. The fraction of sp³-hybridized carbons (Fsp3) is 0.692. The van der Waals surface area contributed by atoms with Gasteiger partial charge >= 0.3 is 0 Å². The topological polar surface area (TPSA) is 75.9 Å². The molecular formula is C13H23N5. The maximum Gasteiger partial charge on any atom is 0.148 e. The van der Waals surface area contributed by atoms with E-state index >= 15 is 0 Å². The van der Waals surface area contributed by atoms with E-state index in [2.05, 4.69) is 27.6 Å². The molecule has 5 heteroatoms. The number of hydrogen-bond donors (Lipinski definition) is 3. The van der Waals surface area contributed by atoms with Gasteiger partial charge in [-0.1, -0.05) is 13.3 Å². The average molecular weight is 249 g/mol. The Morgan fingerprint density at radius 1 is 1.22 bits per heavy atom. The van der Waals surface area contributed by atoms with Gasteiger partial charge in [0.25, 0.3) is 0 Å². The van der Waals surface area contributed by atoms with Gasteiger partial charge in [-0.15, -0.1) is 0 Å². The van der Waals surface area contributed by atoms with Crippen LogP contribution in [0.15, 0.2) is 0 Å². The summed E-state index contributed by atoms with van der Waals surface area (Å²) in [5, 5.41) is 3.48. The molecule has 0 aliphatic heterocycles. The van der Waals surface area contributed by atoms with Crippen LogP contribution in [-0.4, -0.2) is 16.5 Å². The Balaban J connectivity index is 2.11. The summed E-state index contributed by atoms with van der Waals surface area (Å²) < 4.78 is 0. The monoisotopic (exact) mass is 249 g/mol. The summed E-state index contributed by atoms with van der Waals surface area (Å²) in [5.74, 6) is 7.79. The van der Waals surface area contributed by atoms with Crippen LogP contribution < -0.4 is 16.6 Å². The van der Waals surface area contributed by atoms with Gasteiger partial charge in [0, 0.05) is 12.1 Å². The fourth-order valence-electron chi connectivity index (χ4n) is 2.54. The molecule has 0 spiro atoms. The van der Waals surface area contributed by atoms with Gasteiger partial charge in [-0.3, -0.25) is 0 Å². The molecule has 1 heterocycles. The number of nitrogen functional groups attached to an aromatic ring is 1. The van der Waals surface area contributed by atoms with Crippen molar-refractivity contribution in [2.24, 2.45) is 11.3 Å². The third-order valence-electron chi connectivity index (χ3n) is 4.19. The molecule has 0 unspecified atom stereocenters. The van der Waals surface area contributed by atoms with Gasteiger partial charge < -0.3 is 10.7 Å². The first-order valence-electron chi connectivity index (χ1n) is 6.66. The van der Waals surface area contributed by atoms with Gasteiger partial charge in [-0.25, -0.2) is 15.8 Å². The summed E-state index contributed by atoms with van der Waals surface area (Å²) in [5.41, 5.74) is 4.08. The maximum atomic E-state index is 5.47. The van der Waals surface area contributed by atoms with Crippen LogP contribution in [0.4, 0.5) is 11.6 Å². The number of rotatable bonds is 5. The molecule has 1 fully saturated rings. The van der Waals surface area contributed by atoms with Gasteiger partial charge in [-0.2, -0.15) is 0 Å². The molecule has 1 aliphatic carbocycles. The molecule has 18 heavy (non-hydrogen) atoms. The molecule has 1 saturated carbocycles. The average Bonchev–Trinajstić information content (AvgIpc) is 2.32.